The number of anilines is 1. The van der Waals surface area contributed by atoms with Gasteiger partial charge in [-0.05, 0) is 24.1 Å². The summed E-state index contributed by atoms with van der Waals surface area (Å²) in [5.74, 6) is 0.402. The SMILES string of the molecule is CCCn1ncnc1C(=O)Cc1ccc(N)cc1. The summed E-state index contributed by atoms with van der Waals surface area (Å²) in [6.07, 6.45) is 2.67. The summed E-state index contributed by atoms with van der Waals surface area (Å²) >= 11 is 0. The van der Waals surface area contributed by atoms with Crippen molar-refractivity contribution in [1.82, 2.24) is 14.8 Å². The van der Waals surface area contributed by atoms with Gasteiger partial charge < -0.3 is 5.73 Å². The molecule has 0 fully saturated rings. The van der Waals surface area contributed by atoms with Crippen LogP contribution in [0.3, 0.4) is 0 Å². The van der Waals surface area contributed by atoms with Gasteiger partial charge in [-0.3, -0.25) is 4.79 Å². The maximum absolute atomic E-state index is 12.1. The molecule has 0 aliphatic heterocycles. The number of carbonyl (C=O) groups is 1. The molecule has 2 N–H and O–H groups in total. The van der Waals surface area contributed by atoms with Gasteiger partial charge in [0.15, 0.2) is 5.82 Å². The van der Waals surface area contributed by atoms with E-state index in [-0.39, 0.29) is 5.78 Å². The second kappa shape index (κ2) is 5.44. The van der Waals surface area contributed by atoms with Crippen LogP contribution in [-0.4, -0.2) is 20.5 Å². The van der Waals surface area contributed by atoms with Crippen molar-refractivity contribution in [2.24, 2.45) is 0 Å². The maximum Gasteiger partial charge on any atom is 0.204 e. The topological polar surface area (TPSA) is 73.8 Å². The van der Waals surface area contributed by atoms with Crippen LogP contribution in [0.5, 0.6) is 0 Å². The zero-order valence-corrected chi connectivity index (χ0v) is 10.3. The Morgan fingerprint density at radius 3 is 2.72 bits per heavy atom. The summed E-state index contributed by atoms with van der Waals surface area (Å²) < 4.78 is 1.65. The number of hydrogen-bond donors (Lipinski definition) is 1. The maximum atomic E-state index is 12.1. The minimum Gasteiger partial charge on any atom is -0.399 e. The van der Waals surface area contributed by atoms with Crippen molar-refractivity contribution in [2.45, 2.75) is 26.3 Å². The van der Waals surface area contributed by atoms with Gasteiger partial charge in [0.2, 0.25) is 5.78 Å². The standard InChI is InChI=1S/C13H16N4O/c1-2-7-17-13(15-9-16-17)12(18)8-10-3-5-11(14)6-4-10/h3-6,9H,2,7-8,14H2,1H3. The smallest absolute Gasteiger partial charge is 0.204 e. The predicted molar refractivity (Wildman–Crippen MR) is 69.2 cm³/mol. The van der Waals surface area contributed by atoms with Crippen LogP contribution in [0, 0.1) is 0 Å². The van der Waals surface area contributed by atoms with Crippen molar-refractivity contribution in [3.8, 4) is 0 Å². The molecule has 1 heterocycles. The molecule has 0 radical (unpaired) electrons. The van der Waals surface area contributed by atoms with E-state index in [0.717, 1.165) is 12.0 Å². The molecule has 0 spiro atoms. The van der Waals surface area contributed by atoms with Crippen LogP contribution in [0.4, 0.5) is 5.69 Å². The van der Waals surface area contributed by atoms with Gasteiger partial charge in [0, 0.05) is 18.7 Å². The van der Waals surface area contributed by atoms with Crippen LogP contribution in [-0.2, 0) is 13.0 Å². The van der Waals surface area contributed by atoms with Crippen LogP contribution >= 0.6 is 0 Å². The molecule has 2 rings (SSSR count). The van der Waals surface area contributed by atoms with E-state index in [9.17, 15) is 4.79 Å². The first-order valence-electron chi connectivity index (χ1n) is 5.96. The Kier molecular flexibility index (Phi) is 3.72. The predicted octanol–water partition coefficient (Wildman–Crippen LogP) is 1.70. The van der Waals surface area contributed by atoms with Crippen LogP contribution in [0.15, 0.2) is 30.6 Å². The fourth-order valence-electron chi connectivity index (χ4n) is 1.76. The average Bonchev–Trinajstić information content (AvgIpc) is 2.81. The fraction of sp³-hybridized carbons (Fsp3) is 0.308. The van der Waals surface area contributed by atoms with Crippen molar-refractivity contribution < 1.29 is 4.79 Å². The third kappa shape index (κ3) is 2.74. The second-order valence-corrected chi connectivity index (χ2v) is 4.15. The first-order valence-corrected chi connectivity index (χ1v) is 5.96. The molecule has 2 aromatic rings. The molecule has 0 aliphatic rings. The molecule has 0 saturated heterocycles. The molecule has 0 bridgehead atoms. The molecule has 0 aliphatic carbocycles. The minimum absolute atomic E-state index is 0.0225. The molecule has 1 aromatic heterocycles. The monoisotopic (exact) mass is 244 g/mol. The molecule has 0 unspecified atom stereocenters. The lowest BCUT2D eigenvalue weighted by atomic mass is 10.1. The normalized spacial score (nSPS) is 10.5. The number of hydrogen-bond acceptors (Lipinski definition) is 4. The first-order chi connectivity index (χ1) is 8.70. The molecular weight excluding hydrogens is 228 g/mol. The molecule has 1 aromatic carbocycles. The third-order valence-corrected chi connectivity index (χ3v) is 2.64. The van der Waals surface area contributed by atoms with E-state index >= 15 is 0 Å². The zero-order valence-electron chi connectivity index (χ0n) is 10.3. The molecule has 5 nitrogen and oxygen atoms in total. The highest BCUT2D eigenvalue weighted by Crippen LogP contribution is 2.09. The van der Waals surface area contributed by atoms with Gasteiger partial charge in [0.1, 0.15) is 6.33 Å². The molecule has 0 amide bonds. The van der Waals surface area contributed by atoms with Crippen LogP contribution in [0.25, 0.3) is 0 Å². The number of nitrogens with two attached hydrogens (primary N) is 1. The summed E-state index contributed by atoms with van der Waals surface area (Å²) in [6.45, 7) is 2.75. The lowest BCUT2D eigenvalue weighted by molar-refractivity contribution is 0.0977. The van der Waals surface area contributed by atoms with Crippen LogP contribution in [0.1, 0.15) is 29.5 Å². The van der Waals surface area contributed by atoms with Crippen LogP contribution in [0.2, 0.25) is 0 Å². The number of aryl methyl sites for hydroxylation is 1. The third-order valence-electron chi connectivity index (χ3n) is 2.64. The van der Waals surface area contributed by atoms with E-state index in [1.165, 1.54) is 6.33 Å². The Hall–Kier alpha value is -2.17. The number of aromatic nitrogens is 3. The molecular formula is C13H16N4O. The van der Waals surface area contributed by atoms with Crippen molar-refractivity contribution >= 4 is 11.5 Å². The minimum atomic E-state index is -0.0225. The van der Waals surface area contributed by atoms with Gasteiger partial charge in [-0.2, -0.15) is 5.10 Å². The Balaban J connectivity index is 2.11. The first kappa shape index (κ1) is 12.3. The number of nitrogen functional groups attached to an aromatic ring is 1. The lowest BCUT2D eigenvalue weighted by Crippen LogP contribution is -2.13. The summed E-state index contributed by atoms with van der Waals surface area (Å²) in [5.41, 5.74) is 7.23. The highest BCUT2D eigenvalue weighted by molar-refractivity contribution is 5.94. The summed E-state index contributed by atoms with van der Waals surface area (Å²) in [4.78, 5) is 16.1. The molecule has 0 saturated carbocycles. The highest BCUT2D eigenvalue weighted by Gasteiger charge is 2.13. The Bertz CT molecular complexity index is 530. The molecule has 94 valence electrons. The molecule has 18 heavy (non-hydrogen) atoms. The van der Waals surface area contributed by atoms with Gasteiger partial charge in [-0.25, -0.2) is 9.67 Å². The number of nitrogens with zero attached hydrogens (tertiary/aromatic N) is 3. The van der Waals surface area contributed by atoms with E-state index in [4.69, 9.17) is 5.73 Å². The van der Waals surface area contributed by atoms with E-state index in [1.54, 1.807) is 16.8 Å². The number of carbonyl (C=O) groups excluding carboxylic acids is 1. The summed E-state index contributed by atoms with van der Waals surface area (Å²) in [7, 11) is 0. The number of benzene rings is 1. The van der Waals surface area contributed by atoms with Gasteiger partial charge >= 0.3 is 0 Å². The number of rotatable bonds is 5. The zero-order chi connectivity index (χ0) is 13.0. The van der Waals surface area contributed by atoms with Crippen molar-refractivity contribution in [3.63, 3.8) is 0 Å². The van der Waals surface area contributed by atoms with Crippen molar-refractivity contribution in [3.05, 3.63) is 42.0 Å². The van der Waals surface area contributed by atoms with Gasteiger partial charge in [-0.15, -0.1) is 0 Å². The fourth-order valence-corrected chi connectivity index (χ4v) is 1.76. The largest absolute Gasteiger partial charge is 0.399 e. The molecule has 5 heteroatoms. The Morgan fingerprint density at radius 2 is 2.06 bits per heavy atom. The highest BCUT2D eigenvalue weighted by atomic mass is 16.1. The van der Waals surface area contributed by atoms with Gasteiger partial charge in [-0.1, -0.05) is 19.1 Å². The van der Waals surface area contributed by atoms with E-state index in [1.807, 2.05) is 19.1 Å². The van der Waals surface area contributed by atoms with Crippen molar-refractivity contribution in [1.29, 1.82) is 0 Å². The average molecular weight is 244 g/mol. The number of Topliss-reactive ketones (excluding diaryl/α,β-unsaturated/α-hetero) is 1. The van der Waals surface area contributed by atoms with Gasteiger partial charge in [0.25, 0.3) is 0 Å². The second-order valence-electron chi connectivity index (χ2n) is 4.15. The van der Waals surface area contributed by atoms with Crippen LogP contribution < -0.4 is 5.73 Å². The van der Waals surface area contributed by atoms with Gasteiger partial charge in [0.05, 0.1) is 0 Å². The lowest BCUT2D eigenvalue weighted by Gasteiger charge is -2.04. The quantitative estimate of drug-likeness (QED) is 0.641. The van der Waals surface area contributed by atoms with E-state index < -0.39 is 0 Å². The number of ketones is 1. The Labute approximate surface area is 106 Å². The van der Waals surface area contributed by atoms with Crippen molar-refractivity contribution in [2.75, 3.05) is 5.73 Å². The summed E-state index contributed by atoms with van der Waals surface area (Å²) in [6, 6.07) is 7.29. The molecule has 0 atom stereocenters. The van der Waals surface area contributed by atoms with E-state index in [2.05, 4.69) is 10.1 Å². The Morgan fingerprint density at radius 1 is 1.33 bits per heavy atom. The summed E-state index contributed by atoms with van der Waals surface area (Å²) in [5, 5.41) is 4.05. The van der Waals surface area contributed by atoms with E-state index in [0.29, 0.717) is 24.5 Å².